The number of fused-ring (bicyclic) bond motifs is 5. The summed E-state index contributed by atoms with van der Waals surface area (Å²) in [5.74, 6) is -0.703. The number of aryl methyl sites for hydroxylation is 1. The molecule has 0 radical (unpaired) electrons. The molecule has 1 aromatic heterocycles. The molecule has 1 aliphatic carbocycles. The van der Waals surface area contributed by atoms with E-state index in [1.54, 1.807) is 18.2 Å². The lowest BCUT2D eigenvalue weighted by Crippen LogP contribution is -2.46. The number of nitrogens with zero attached hydrogens (tertiary/aromatic N) is 4. The molecule has 4 fully saturated rings. The molecule has 4 aliphatic rings. The van der Waals surface area contributed by atoms with Crippen LogP contribution in [0.1, 0.15) is 65.4 Å². The maximum atomic E-state index is 17.5. The molecule has 0 N–H and O–H groups in total. The Morgan fingerprint density at radius 2 is 1.82 bits per heavy atom. The second kappa shape index (κ2) is 14.6. The van der Waals surface area contributed by atoms with Crippen molar-refractivity contribution < 1.29 is 31.8 Å². The molecule has 4 heterocycles. The lowest BCUT2D eigenvalue weighted by Gasteiger charge is -2.40. The van der Waals surface area contributed by atoms with Crippen LogP contribution >= 0.6 is 0 Å². The van der Waals surface area contributed by atoms with Crippen LogP contribution in [0.25, 0.3) is 32.8 Å². The second-order valence-corrected chi connectivity index (χ2v) is 22.9. The number of methoxy groups -OCH3 is 1. The molecule has 0 amide bonds. The van der Waals surface area contributed by atoms with E-state index in [9.17, 15) is 0 Å². The van der Waals surface area contributed by atoms with E-state index in [0.29, 0.717) is 59.9 Å². The van der Waals surface area contributed by atoms with Gasteiger partial charge in [-0.3, -0.25) is 4.90 Å². The van der Waals surface area contributed by atoms with Gasteiger partial charge in [0, 0.05) is 44.2 Å². The Labute approximate surface area is 329 Å². The van der Waals surface area contributed by atoms with Crippen LogP contribution < -0.4 is 14.4 Å². The number of benzene rings is 3. The van der Waals surface area contributed by atoms with Gasteiger partial charge in [0.25, 0.3) is 0 Å². The third kappa shape index (κ3) is 6.88. The van der Waals surface area contributed by atoms with E-state index in [1.165, 1.54) is 24.8 Å². The van der Waals surface area contributed by atoms with Gasteiger partial charge in [-0.25, -0.2) is 13.2 Å². The topological polar surface area (TPSA) is 69.2 Å². The zero-order valence-electron chi connectivity index (χ0n) is 33.9. The van der Waals surface area contributed by atoms with Crippen molar-refractivity contribution in [2.45, 2.75) is 96.0 Å². The molecule has 1 saturated carbocycles. The maximum absolute atomic E-state index is 17.5. The molecule has 56 heavy (non-hydrogen) atoms. The fourth-order valence-corrected chi connectivity index (χ4v) is 11.1. The van der Waals surface area contributed by atoms with E-state index in [4.69, 9.17) is 28.6 Å². The van der Waals surface area contributed by atoms with Crippen LogP contribution in [0.15, 0.2) is 42.5 Å². The van der Waals surface area contributed by atoms with Gasteiger partial charge < -0.3 is 23.5 Å². The minimum absolute atomic E-state index is 0.0455. The first-order valence-corrected chi connectivity index (χ1v) is 23.1. The van der Waals surface area contributed by atoms with Gasteiger partial charge >= 0.3 is 6.01 Å². The van der Waals surface area contributed by atoms with E-state index in [1.807, 2.05) is 6.92 Å². The average molecular weight is 789 g/mol. The molecule has 4 atom stereocenters. The monoisotopic (exact) mass is 788 g/mol. The van der Waals surface area contributed by atoms with E-state index in [0.717, 1.165) is 45.2 Å². The van der Waals surface area contributed by atoms with Crippen molar-refractivity contribution in [2.24, 2.45) is 11.8 Å². The van der Waals surface area contributed by atoms with E-state index >= 15 is 13.2 Å². The van der Waals surface area contributed by atoms with E-state index in [-0.39, 0.29) is 57.4 Å². The standard InChI is InChI=1S/C44H55F3N4O4Si/c1-9-31-34(45)12-11-28-17-30(54-25-52-6)18-32(37(28)31)38-35(46)19-33-40(39(38)47)48-42(53-24-44-13-10-14-51(44)21-26(2)20-44)49-41(33)50-22-27-15-29(23-50)36(16-27)55-56(7,8)43(3,4)5/h11-12,17-19,27,29,36H,2,9-10,13-16,20-25H2,1,3-8H3/t27-,29-,36-,44?/m1/s1. The molecule has 300 valence electrons. The first kappa shape index (κ1) is 39.1. The molecule has 3 aromatic carbocycles. The Morgan fingerprint density at radius 1 is 1.02 bits per heavy atom. The Bertz CT molecular complexity index is 2190. The minimum Gasteiger partial charge on any atom is -0.468 e. The van der Waals surface area contributed by atoms with Crippen molar-refractivity contribution in [3.8, 4) is 22.9 Å². The summed E-state index contributed by atoms with van der Waals surface area (Å²) in [4.78, 5) is 14.3. The Balaban J connectivity index is 1.26. The van der Waals surface area contributed by atoms with E-state index in [2.05, 4.69) is 50.2 Å². The number of hydrogen-bond donors (Lipinski definition) is 0. The van der Waals surface area contributed by atoms with Gasteiger partial charge in [-0.15, -0.1) is 0 Å². The van der Waals surface area contributed by atoms with Crippen molar-refractivity contribution >= 4 is 35.8 Å². The van der Waals surface area contributed by atoms with Gasteiger partial charge in [0.15, 0.2) is 20.9 Å². The minimum atomic E-state index is -2.03. The van der Waals surface area contributed by atoms with Crippen molar-refractivity contribution in [1.82, 2.24) is 14.9 Å². The first-order valence-electron chi connectivity index (χ1n) is 20.2. The molecule has 3 saturated heterocycles. The predicted molar refractivity (Wildman–Crippen MR) is 218 cm³/mol. The summed E-state index contributed by atoms with van der Waals surface area (Å²) in [6.45, 7) is 20.9. The van der Waals surface area contributed by atoms with Gasteiger partial charge in [0.2, 0.25) is 0 Å². The third-order valence-electron chi connectivity index (χ3n) is 13.4. The molecule has 0 spiro atoms. The number of aromatic nitrogens is 2. The molecular weight excluding hydrogens is 734 g/mol. The molecule has 8 nitrogen and oxygen atoms in total. The second-order valence-electron chi connectivity index (χ2n) is 18.2. The van der Waals surface area contributed by atoms with Crippen molar-refractivity contribution in [2.75, 3.05) is 51.6 Å². The Kier molecular flexibility index (Phi) is 10.2. The molecule has 12 heteroatoms. The number of hydrogen-bond acceptors (Lipinski definition) is 8. The van der Waals surface area contributed by atoms with Crippen LogP contribution in [-0.4, -0.2) is 81.5 Å². The summed E-state index contributed by atoms with van der Waals surface area (Å²) >= 11 is 0. The van der Waals surface area contributed by atoms with Crippen LogP contribution in [-0.2, 0) is 15.6 Å². The quantitative estimate of drug-likeness (QED) is 0.0846. The van der Waals surface area contributed by atoms with Crippen LogP contribution in [0, 0.1) is 29.3 Å². The lowest BCUT2D eigenvalue weighted by atomic mass is 9.91. The van der Waals surface area contributed by atoms with Crippen molar-refractivity contribution in [3.05, 3.63) is 65.5 Å². The highest BCUT2D eigenvalue weighted by Crippen LogP contribution is 2.48. The number of anilines is 1. The largest absolute Gasteiger partial charge is 0.468 e. The predicted octanol–water partition coefficient (Wildman–Crippen LogP) is 9.82. The summed E-state index contributed by atoms with van der Waals surface area (Å²) in [7, 11) is -0.538. The summed E-state index contributed by atoms with van der Waals surface area (Å²) < 4.78 is 74.2. The highest BCUT2D eigenvalue weighted by atomic mass is 28.4. The third-order valence-corrected chi connectivity index (χ3v) is 17.9. The summed E-state index contributed by atoms with van der Waals surface area (Å²) in [6.07, 6.45) is 5.28. The molecule has 3 aliphatic heterocycles. The Morgan fingerprint density at radius 3 is 2.57 bits per heavy atom. The van der Waals surface area contributed by atoms with Crippen molar-refractivity contribution in [1.29, 1.82) is 0 Å². The first-order chi connectivity index (χ1) is 26.6. The lowest BCUT2D eigenvalue weighted by molar-refractivity contribution is 0.0512. The highest BCUT2D eigenvalue weighted by Gasteiger charge is 2.48. The average Bonchev–Trinajstić information content (AvgIpc) is 3.76. The summed E-state index contributed by atoms with van der Waals surface area (Å²) in [6, 6.07) is 7.65. The van der Waals surface area contributed by atoms with Crippen LogP contribution in [0.3, 0.4) is 0 Å². The molecule has 8 rings (SSSR count). The fraction of sp³-hybridized carbons (Fsp3) is 0.545. The number of ether oxygens (including phenoxy) is 3. The van der Waals surface area contributed by atoms with Crippen LogP contribution in [0.5, 0.6) is 11.8 Å². The summed E-state index contributed by atoms with van der Waals surface area (Å²) in [5, 5.41) is 1.36. The molecular formula is C44H55F3N4O4Si. The zero-order chi connectivity index (χ0) is 39.7. The normalized spacial score (nSPS) is 24.1. The molecule has 4 aromatic rings. The van der Waals surface area contributed by atoms with Crippen LogP contribution in [0.2, 0.25) is 18.1 Å². The fourth-order valence-electron chi connectivity index (χ4n) is 9.68. The van der Waals surface area contributed by atoms with Gasteiger partial charge in [-0.1, -0.05) is 45.9 Å². The van der Waals surface area contributed by atoms with Gasteiger partial charge in [-0.05, 0) is 115 Å². The smallest absolute Gasteiger partial charge is 0.319 e. The summed E-state index contributed by atoms with van der Waals surface area (Å²) in [5.41, 5.74) is 1.15. The van der Waals surface area contributed by atoms with Gasteiger partial charge in [0.05, 0.1) is 11.1 Å². The van der Waals surface area contributed by atoms with E-state index < -0.39 is 25.8 Å². The van der Waals surface area contributed by atoms with Gasteiger partial charge in [-0.2, -0.15) is 9.97 Å². The van der Waals surface area contributed by atoms with Gasteiger partial charge in [0.1, 0.15) is 35.3 Å². The maximum Gasteiger partial charge on any atom is 0.319 e. The molecule has 1 unspecified atom stereocenters. The SMILES string of the molecule is C=C1CN2CCCC2(COc2nc(N3C[C@@H]4C[C@H](C3)[C@H](O[Si](C)(C)C(C)(C)C)C4)c3cc(F)c(-c4cc(OCOC)cc5ccc(F)c(CC)c45)c(F)c3n2)C1. The van der Waals surface area contributed by atoms with Crippen LogP contribution in [0.4, 0.5) is 19.0 Å². The zero-order valence-corrected chi connectivity index (χ0v) is 34.9. The number of halogens is 3. The molecule has 2 bridgehead atoms. The number of rotatable bonds is 11. The highest BCUT2D eigenvalue weighted by molar-refractivity contribution is 6.74. The number of piperidine rings is 1. The van der Waals surface area contributed by atoms with Crippen molar-refractivity contribution in [3.63, 3.8) is 0 Å². The Hall–Kier alpha value is -3.71.